The molecule has 1 aromatic carbocycles. The van der Waals surface area contributed by atoms with E-state index in [0.29, 0.717) is 24.8 Å². The fraction of sp³-hybridized carbons (Fsp3) is 0.538. The maximum atomic E-state index is 13.6. The third-order valence-electron chi connectivity index (χ3n) is 3.37. The normalized spacial score (nSPS) is 24.2. The summed E-state index contributed by atoms with van der Waals surface area (Å²) < 4.78 is 26.7. The minimum absolute atomic E-state index is 0.236. The average molecular weight is 226 g/mol. The van der Waals surface area contributed by atoms with Crippen molar-refractivity contribution in [3.63, 3.8) is 0 Å². The van der Waals surface area contributed by atoms with Gasteiger partial charge in [0.05, 0.1) is 5.60 Å². The molecule has 1 aliphatic rings. The number of aryl methyl sites for hydroxylation is 1. The lowest BCUT2D eigenvalue weighted by molar-refractivity contribution is 0.0161. The Morgan fingerprint density at radius 3 is 2.81 bits per heavy atom. The Labute approximate surface area is 94.1 Å². The van der Waals surface area contributed by atoms with Gasteiger partial charge < -0.3 is 5.11 Å². The number of hydrogen-bond acceptors (Lipinski definition) is 1. The molecule has 1 N–H and O–H groups in total. The van der Waals surface area contributed by atoms with Gasteiger partial charge in [0.1, 0.15) is 0 Å². The van der Waals surface area contributed by atoms with Gasteiger partial charge in [0.25, 0.3) is 0 Å². The quantitative estimate of drug-likeness (QED) is 0.822. The van der Waals surface area contributed by atoms with Gasteiger partial charge >= 0.3 is 0 Å². The predicted octanol–water partition coefficient (Wildman–Crippen LogP) is 2.98. The van der Waals surface area contributed by atoms with E-state index in [4.69, 9.17) is 0 Å². The Morgan fingerprint density at radius 1 is 1.38 bits per heavy atom. The zero-order chi connectivity index (χ0) is 11.8. The summed E-state index contributed by atoms with van der Waals surface area (Å²) in [7, 11) is 0. The van der Waals surface area contributed by atoms with Crippen molar-refractivity contribution in [3.05, 3.63) is 34.9 Å². The van der Waals surface area contributed by atoms with Crippen LogP contribution in [0.3, 0.4) is 0 Å². The van der Waals surface area contributed by atoms with E-state index < -0.39 is 17.2 Å². The van der Waals surface area contributed by atoms with E-state index in [0.717, 1.165) is 12.0 Å². The fourth-order valence-corrected chi connectivity index (χ4v) is 2.52. The van der Waals surface area contributed by atoms with E-state index in [1.807, 2.05) is 6.92 Å². The molecule has 1 aromatic rings. The minimum Gasteiger partial charge on any atom is -0.390 e. The minimum atomic E-state index is -0.851. The molecular weight excluding hydrogens is 210 g/mol. The van der Waals surface area contributed by atoms with Crippen LogP contribution in [0.2, 0.25) is 0 Å². The van der Waals surface area contributed by atoms with Crippen LogP contribution in [-0.2, 0) is 12.8 Å². The van der Waals surface area contributed by atoms with Gasteiger partial charge in [0.2, 0.25) is 0 Å². The average Bonchev–Trinajstić information content (AvgIpc) is 2.25. The smallest absolute Gasteiger partial charge is 0.162 e. The summed E-state index contributed by atoms with van der Waals surface area (Å²) >= 11 is 0. The highest BCUT2D eigenvalue weighted by Crippen LogP contribution is 2.33. The summed E-state index contributed by atoms with van der Waals surface area (Å²) in [6.45, 7) is 1.98. The summed E-state index contributed by atoms with van der Waals surface area (Å²) in [5.41, 5.74) is 0.345. The largest absolute Gasteiger partial charge is 0.390 e. The monoisotopic (exact) mass is 226 g/mol. The lowest BCUT2D eigenvalue weighted by Crippen LogP contribution is -2.36. The molecule has 1 atom stereocenters. The highest BCUT2D eigenvalue weighted by molar-refractivity contribution is 5.33. The molecule has 0 aliphatic heterocycles. The van der Waals surface area contributed by atoms with Crippen LogP contribution in [0.15, 0.2) is 12.1 Å². The van der Waals surface area contributed by atoms with Crippen molar-refractivity contribution in [2.24, 2.45) is 0 Å². The zero-order valence-electron chi connectivity index (χ0n) is 9.39. The molecular formula is C13H16F2O. The van der Waals surface area contributed by atoms with Gasteiger partial charge in [-0.15, -0.1) is 0 Å². The zero-order valence-corrected chi connectivity index (χ0v) is 9.39. The number of halogens is 2. The molecule has 0 fully saturated rings. The van der Waals surface area contributed by atoms with Crippen LogP contribution in [0.1, 0.15) is 37.3 Å². The Morgan fingerprint density at radius 2 is 2.12 bits per heavy atom. The highest BCUT2D eigenvalue weighted by Gasteiger charge is 2.33. The van der Waals surface area contributed by atoms with Crippen molar-refractivity contribution in [1.29, 1.82) is 0 Å². The van der Waals surface area contributed by atoms with Gasteiger partial charge in [-0.25, -0.2) is 8.78 Å². The third-order valence-corrected chi connectivity index (χ3v) is 3.37. The number of aliphatic hydroxyl groups is 1. The molecule has 0 heterocycles. The number of benzene rings is 1. The van der Waals surface area contributed by atoms with E-state index in [9.17, 15) is 13.9 Å². The number of fused-ring (bicyclic) bond motifs is 1. The van der Waals surface area contributed by atoms with Crippen molar-refractivity contribution < 1.29 is 13.9 Å². The Balaban J connectivity index is 2.35. The maximum Gasteiger partial charge on any atom is 0.162 e. The molecule has 0 bridgehead atoms. The van der Waals surface area contributed by atoms with Crippen molar-refractivity contribution in [2.45, 2.75) is 44.6 Å². The van der Waals surface area contributed by atoms with Gasteiger partial charge in [-0.05, 0) is 36.5 Å². The molecule has 0 saturated carbocycles. The first-order chi connectivity index (χ1) is 7.56. The highest BCUT2D eigenvalue weighted by atomic mass is 19.2. The second-order valence-corrected chi connectivity index (χ2v) is 4.65. The van der Waals surface area contributed by atoms with Gasteiger partial charge in [-0.1, -0.05) is 19.4 Å². The number of rotatable bonds is 2. The summed E-state index contributed by atoms with van der Waals surface area (Å²) in [5.74, 6) is -1.61. The molecule has 1 nitrogen and oxygen atoms in total. The van der Waals surface area contributed by atoms with Crippen molar-refractivity contribution in [1.82, 2.24) is 0 Å². The van der Waals surface area contributed by atoms with Crippen LogP contribution in [0.25, 0.3) is 0 Å². The van der Waals surface area contributed by atoms with E-state index in [1.54, 1.807) is 6.07 Å². The molecule has 0 spiro atoms. The molecule has 0 amide bonds. The molecule has 0 saturated heterocycles. The SMILES string of the molecule is CCC[C@]1(O)CCc2ccc(F)c(F)c2C1. The summed E-state index contributed by atoms with van der Waals surface area (Å²) in [6.07, 6.45) is 2.99. The molecule has 0 unspecified atom stereocenters. The third kappa shape index (κ3) is 1.96. The van der Waals surface area contributed by atoms with Crippen molar-refractivity contribution in [3.8, 4) is 0 Å². The van der Waals surface area contributed by atoms with Gasteiger partial charge in [0.15, 0.2) is 11.6 Å². The molecule has 88 valence electrons. The van der Waals surface area contributed by atoms with Gasteiger partial charge in [-0.3, -0.25) is 0 Å². The van der Waals surface area contributed by atoms with Gasteiger partial charge in [0, 0.05) is 6.42 Å². The fourth-order valence-electron chi connectivity index (χ4n) is 2.52. The van der Waals surface area contributed by atoms with Crippen molar-refractivity contribution in [2.75, 3.05) is 0 Å². The van der Waals surface area contributed by atoms with Crippen LogP contribution in [0.4, 0.5) is 8.78 Å². The Bertz CT molecular complexity index is 403. The van der Waals surface area contributed by atoms with Crippen molar-refractivity contribution >= 4 is 0 Å². The van der Waals surface area contributed by atoms with E-state index >= 15 is 0 Å². The van der Waals surface area contributed by atoms with Crippen LogP contribution >= 0.6 is 0 Å². The molecule has 3 heteroatoms. The van der Waals surface area contributed by atoms with Gasteiger partial charge in [-0.2, -0.15) is 0 Å². The molecule has 16 heavy (non-hydrogen) atoms. The van der Waals surface area contributed by atoms with E-state index in [1.165, 1.54) is 6.07 Å². The first-order valence-electron chi connectivity index (χ1n) is 5.74. The summed E-state index contributed by atoms with van der Waals surface area (Å²) in [4.78, 5) is 0. The van der Waals surface area contributed by atoms with Crippen LogP contribution < -0.4 is 0 Å². The summed E-state index contributed by atoms with van der Waals surface area (Å²) in [6, 6.07) is 2.79. The lowest BCUT2D eigenvalue weighted by Gasteiger charge is -2.33. The Hall–Kier alpha value is -0.960. The second-order valence-electron chi connectivity index (χ2n) is 4.65. The first kappa shape index (κ1) is 11.5. The Kier molecular flexibility index (Phi) is 2.98. The van der Waals surface area contributed by atoms with Crippen LogP contribution in [0, 0.1) is 11.6 Å². The lowest BCUT2D eigenvalue weighted by atomic mass is 9.78. The summed E-state index contributed by atoms with van der Waals surface area (Å²) in [5, 5.41) is 10.2. The molecule has 0 radical (unpaired) electrons. The van der Waals surface area contributed by atoms with Crippen LogP contribution in [-0.4, -0.2) is 10.7 Å². The topological polar surface area (TPSA) is 20.2 Å². The first-order valence-corrected chi connectivity index (χ1v) is 5.74. The predicted molar refractivity (Wildman–Crippen MR) is 58.2 cm³/mol. The molecule has 1 aliphatic carbocycles. The van der Waals surface area contributed by atoms with E-state index in [2.05, 4.69) is 0 Å². The number of hydrogen-bond donors (Lipinski definition) is 1. The maximum absolute atomic E-state index is 13.6. The molecule has 2 rings (SSSR count). The standard InChI is InChI=1S/C13H16F2O/c1-2-6-13(16)7-5-9-3-4-11(14)12(15)10(9)8-13/h3-4,16H,2,5-8H2,1H3/t13-/m0/s1. The van der Waals surface area contributed by atoms with Crippen LogP contribution in [0.5, 0.6) is 0 Å². The second kappa shape index (κ2) is 4.13. The molecule has 0 aromatic heterocycles. The van der Waals surface area contributed by atoms with E-state index in [-0.39, 0.29) is 6.42 Å².